The van der Waals surface area contributed by atoms with Crippen molar-refractivity contribution in [2.75, 3.05) is 4.90 Å². The zero-order valence-electron chi connectivity index (χ0n) is 33.6. The Balaban J connectivity index is 0.990. The number of hydrogen-bond acceptors (Lipinski definition) is 5. The molecule has 5 heteroatoms. The van der Waals surface area contributed by atoms with Gasteiger partial charge in [0.1, 0.15) is 11.3 Å². The predicted molar refractivity (Wildman–Crippen MR) is 252 cm³/mol. The molecule has 5 nitrogen and oxygen atoms in total. The number of furan rings is 1. The van der Waals surface area contributed by atoms with Crippen LogP contribution in [-0.2, 0) is 0 Å². The highest BCUT2D eigenvalue weighted by Gasteiger charge is 2.43. The van der Waals surface area contributed by atoms with Gasteiger partial charge >= 0.3 is 0 Å². The van der Waals surface area contributed by atoms with Gasteiger partial charge in [0.05, 0.1) is 11.6 Å². The molecule has 0 bridgehead atoms. The number of fused-ring (bicyclic) bond motifs is 7. The van der Waals surface area contributed by atoms with Gasteiger partial charge in [-0.15, -0.1) is 0 Å². The molecule has 12 rings (SSSR count). The number of rotatable bonds is 7. The van der Waals surface area contributed by atoms with Gasteiger partial charge in [-0.1, -0.05) is 176 Å². The standard InChI is InChI=1S/C57H38N4O/c1-4-15-37(16-5-1)40-29-31-45(32-30-40)61-49-28-11-10-25-46(49)52-50(61)33-34-51-53(52)47-26-14-27-48(54(47)62-51)57-59-55(43-23-12-21-41(35-43)38-17-6-2-7-18-38)58-56(60-57)44-24-13-22-42(36-44)39-19-8-3-9-20-39/h1-36,50,52H. The number of benzene rings is 8. The summed E-state index contributed by atoms with van der Waals surface area (Å²) in [4.78, 5) is 18.1. The zero-order valence-corrected chi connectivity index (χ0v) is 33.6. The average Bonchev–Trinajstić information content (AvgIpc) is 3.91. The van der Waals surface area contributed by atoms with Crippen molar-refractivity contribution in [2.24, 2.45) is 0 Å². The zero-order chi connectivity index (χ0) is 41.0. The minimum Gasteiger partial charge on any atom is -0.456 e. The molecule has 0 spiro atoms. The molecule has 2 aromatic heterocycles. The van der Waals surface area contributed by atoms with E-state index in [-0.39, 0.29) is 12.0 Å². The molecule has 0 N–H and O–H groups in total. The number of aromatic nitrogens is 3. The third-order valence-electron chi connectivity index (χ3n) is 12.3. The third-order valence-corrected chi connectivity index (χ3v) is 12.3. The molecule has 3 heterocycles. The summed E-state index contributed by atoms with van der Waals surface area (Å²) in [5.74, 6) is 2.68. The van der Waals surface area contributed by atoms with Crippen LogP contribution in [0, 0.1) is 0 Å². The highest BCUT2D eigenvalue weighted by Crippen LogP contribution is 2.54. The van der Waals surface area contributed by atoms with Crippen LogP contribution in [0.5, 0.6) is 0 Å². The number of para-hydroxylation sites is 2. The first kappa shape index (κ1) is 35.8. The van der Waals surface area contributed by atoms with Crippen molar-refractivity contribution in [3.63, 3.8) is 0 Å². The number of anilines is 2. The van der Waals surface area contributed by atoms with Gasteiger partial charge < -0.3 is 9.32 Å². The maximum Gasteiger partial charge on any atom is 0.167 e. The smallest absolute Gasteiger partial charge is 0.167 e. The second-order valence-electron chi connectivity index (χ2n) is 15.9. The molecule has 0 saturated carbocycles. The van der Waals surface area contributed by atoms with E-state index < -0.39 is 0 Å². The van der Waals surface area contributed by atoms with Gasteiger partial charge in [-0.05, 0) is 81.4 Å². The summed E-state index contributed by atoms with van der Waals surface area (Å²) in [6.45, 7) is 0. The summed E-state index contributed by atoms with van der Waals surface area (Å²) < 4.78 is 6.94. The molecule has 62 heavy (non-hydrogen) atoms. The molecule has 1 aliphatic carbocycles. The highest BCUT2D eigenvalue weighted by atomic mass is 16.3. The molecular formula is C57H38N4O. The monoisotopic (exact) mass is 794 g/mol. The molecule has 8 aromatic carbocycles. The van der Waals surface area contributed by atoms with Gasteiger partial charge in [0, 0.05) is 39.4 Å². The van der Waals surface area contributed by atoms with Gasteiger partial charge in [-0.25, -0.2) is 15.0 Å². The van der Waals surface area contributed by atoms with Gasteiger partial charge in [-0.3, -0.25) is 0 Å². The molecular weight excluding hydrogens is 757 g/mol. The van der Waals surface area contributed by atoms with Crippen LogP contribution in [0.4, 0.5) is 11.4 Å². The van der Waals surface area contributed by atoms with Crippen molar-refractivity contribution in [3.05, 3.63) is 229 Å². The second kappa shape index (κ2) is 14.8. The first-order chi connectivity index (χ1) is 30.7. The maximum absolute atomic E-state index is 6.94. The minimum absolute atomic E-state index is 0.0578. The van der Waals surface area contributed by atoms with Gasteiger partial charge in [0.2, 0.25) is 0 Å². The van der Waals surface area contributed by atoms with E-state index in [9.17, 15) is 0 Å². The fourth-order valence-electron chi connectivity index (χ4n) is 9.40. The van der Waals surface area contributed by atoms with Crippen molar-refractivity contribution < 1.29 is 4.42 Å². The van der Waals surface area contributed by atoms with Crippen LogP contribution in [-0.4, -0.2) is 21.0 Å². The third kappa shape index (κ3) is 6.13. The first-order valence-electron chi connectivity index (χ1n) is 21.1. The van der Waals surface area contributed by atoms with E-state index in [4.69, 9.17) is 19.4 Å². The van der Waals surface area contributed by atoms with Crippen LogP contribution in [0.1, 0.15) is 22.8 Å². The molecule has 0 saturated heterocycles. The van der Waals surface area contributed by atoms with Gasteiger partial charge in [0.25, 0.3) is 0 Å². The predicted octanol–water partition coefficient (Wildman–Crippen LogP) is 14.3. The second-order valence-corrected chi connectivity index (χ2v) is 15.9. The Bertz CT molecular complexity index is 3200. The summed E-state index contributed by atoms with van der Waals surface area (Å²) >= 11 is 0. The Morgan fingerprint density at radius 2 is 0.919 bits per heavy atom. The van der Waals surface area contributed by atoms with E-state index in [0.29, 0.717) is 17.5 Å². The van der Waals surface area contributed by atoms with Gasteiger partial charge in [-0.2, -0.15) is 0 Å². The van der Waals surface area contributed by atoms with Crippen molar-refractivity contribution in [1.29, 1.82) is 0 Å². The highest BCUT2D eigenvalue weighted by molar-refractivity contribution is 5.97. The topological polar surface area (TPSA) is 55.1 Å². The summed E-state index contributed by atoms with van der Waals surface area (Å²) in [6.07, 6.45) is 4.46. The summed E-state index contributed by atoms with van der Waals surface area (Å²) in [5, 5.41) is 1.06. The summed E-state index contributed by atoms with van der Waals surface area (Å²) in [6, 6.07) is 72.4. The maximum atomic E-state index is 6.94. The Hall–Kier alpha value is -8.15. The molecule has 2 aliphatic rings. The minimum atomic E-state index is 0.0578. The van der Waals surface area contributed by atoms with Crippen LogP contribution < -0.4 is 4.90 Å². The van der Waals surface area contributed by atoms with Crippen molar-refractivity contribution in [1.82, 2.24) is 15.0 Å². The fourth-order valence-corrected chi connectivity index (χ4v) is 9.40. The fraction of sp³-hybridized carbons (Fsp3) is 0.0351. The van der Waals surface area contributed by atoms with E-state index >= 15 is 0 Å². The van der Waals surface area contributed by atoms with Crippen LogP contribution in [0.2, 0.25) is 0 Å². The molecule has 1 aliphatic heterocycles. The summed E-state index contributed by atoms with van der Waals surface area (Å²) in [7, 11) is 0. The largest absolute Gasteiger partial charge is 0.456 e. The van der Waals surface area contributed by atoms with Crippen molar-refractivity contribution in [2.45, 2.75) is 12.0 Å². The van der Waals surface area contributed by atoms with Crippen molar-refractivity contribution in [3.8, 4) is 67.5 Å². The first-order valence-corrected chi connectivity index (χ1v) is 21.1. The van der Waals surface area contributed by atoms with Crippen LogP contribution in [0.15, 0.2) is 217 Å². The van der Waals surface area contributed by atoms with E-state index in [1.807, 2.05) is 12.1 Å². The lowest BCUT2D eigenvalue weighted by Gasteiger charge is -2.30. The lowest BCUT2D eigenvalue weighted by Crippen LogP contribution is -2.30. The van der Waals surface area contributed by atoms with E-state index in [0.717, 1.165) is 61.4 Å². The van der Waals surface area contributed by atoms with Crippen LogP contribution >= 0.6 is 0 Å². The van der Waals surface area contributed by atoms with Crippen LogP contribution in [0.25, 0.3) is 84.6 Å². The number of nitrogens with zero attached hydrogens (tertiary/aromatic N) is 4. The molecule has 0 fully saturated rings. The Kier molecular flexibility index (Phi) is 8.56. The van der Waals surface area contributed by atoms with Crippen LogP contribution in [0.3, 0.4) is 0 Å². The lowest BCUT2D eigenvalue weighted by atomic mass is 9.82. The SMILES string of the molecule is C1=CC2C(c3ccccc3N2c2ccc(-c3ccccc3)cc2)c2c1oc1c(-c3nc(-c4cccc(-c5ccccc5)c4)nc(-c4cccc(-c5ccccc5)c4)n3)cccc21. The molecule has 2 atom stereocenters. The van der Waals surface area contributed by atoms with E-state index in [1.165, 1.54) is 27.9 Å². The Morgan fingerprint density at radius 3 is 1.55 bits per heavy atom. The average molecular weight is 795 g/mol. The molecule has 10 aromatic rings. The summed E-state index contributed by atoms with van der Waals surface area (Å²) in [5.41, 5.74) is 15.1. The van der Waals surface area contributed by atoms with E-state index in [1.54, 1.807) is 0 Å². The molecule has 2 unspecified atom stereocenters. The number of hydrogen-bond donors (Lipinski definition) is 0. The quantitative estimate of drug-likeness (QED) is 0.161. The van der Waals surface area contributed by atoms with Gasteiger partial charge in [0.15, 0.2) is 17.5 Å². The lowest BCUT2D eigenvalue weighted by molar-refractivity contribution is 0.584. The Labute approximate surface area is 360 Å². The Morgan fingerprint density at radius 1 is 0.419 bits per heavy atom. The molecule has 0 radical (unpaired) electrons. The molecule has 292 valence electrons. The van der Waals surface area contributed by atoms with Crippen molar-refractivity contribution >= 4 is 28.4 Å². The van der Waals surface area contributed by atoms with E-state index in [2.05, 4.69) is 211 Å². The normalized spacial score (nSPS) is 15.0. The molecule has 0 amide bonds.